The van der Waals surface area contributed by atoms with Crippen LogP contribution in [0.5, 0.6) is 0 Å². The molecule has 0 aliphatic heterocycles. The Morgan fingerprint density at radius 2 is 2.06 bits per heavy atom. The average Bonchev–Trinajstić information content (AvgIpc) is 2.34. The van der Waals surface area contributed by atoms with E-state index < -0.39 is 0 Å². The summed E-state index contributed by atoms with van der Waals surface area (Å²) in [5.41, 5.74) is 6.81. The van der Waals surface area contributed by atoms with Gasteiger partial charge in [-0.05, 0) is 43.0 Å². The van der Waals surface area contributed by atoms with Crippen LogP contribution in [0, 0.1) is 5.92 Å². The third-order valence-electron chi connectivity index (χ3n) is 2.64. The number of amides is 1. The fourth-order valence-corrected chi connectivity index (χ4v) is 1.48. The summed E-state index contributed by atoms with van der Waals surface area (Å²) in [7, 11) is 0. The summed E-state index contributed by atoms with van der Waals surface area (Å²) in [6.07, 6.45) is 1.79. The summed E-state index contributed by atoms with van der Waals surface area (Å²) in [6, 6.07) is 6.84. The predicted octanol–water partition coefficient (Wildman–Crippen LogP) is 1.41. The molecule has 0 saturated carbocycles. The first-order valence-corrected chi connectivity index (χ1v) is 5.88. The van der Waals surface area contributed by atoms with Crippen molar-refractivity contribution in [3.05, 3.63) is 29.8 Å². The van der Waals surface area contributed by atoms with E-state index >= 15 is 0 Å². The maximum atomic E-state index is 11.7. The Morgan fingerprint density at radius 3 is 2.65 bits per heavy atom. The number of benzene rings is 1. The summed E-state index contributed by atoms with van der Waals surface area (Å²) in [5.74, 6) is 0.213. The first-order valence-electron chi connectivity index (χ1n) is 5.88. The first kappa shape index (κ1) is 13.5. The van der Waals surface area contributed by atoms with Crippen molar-refractivity contribution >= 4 is 11.6 Å². The molecule has 4 heteroatoms. The molecule has 0 heterocycles. The second kappa shape index (κ2) is 6.91. The molecule has 0 saturated heterocycles. The van der Waals surface area contributed by atoms with Gasteiger partial charge < -0.3 is 16.2 Å². The lowest BCUT2D eigenvalue weighted by atomic mass is 10.1. The van der Waals surface area contributed by atoms with Gasteiger partial charge in [-0.15, -0.1) is 0 Å². The Hall–Kier alpha value is -1.55. The number of anilines is 1. The highest BCUT2D eigenvalue weighted by Gasteiger charge is 2.04. The number of nitrogens with one attached hydrogen (secondary N) is 1. The first-order chi connectivity index (χ1) is 8.13. The van der Waals surface area contributed by atoms with Gasteiger partial charge in [0.05, 0.1) is 0 Å². The largest absolute Gasteiger partial charge is 0.399 e. The van der Waals surface area contributed by atoms with E-state index in [2.05, 4.69) is 5.32 Å². The number of aliphatic hydroxyl groups excluding tert-OH is 1. The highest BCUT2D eigenvalue weighted by molar-refractivity contribution is 5.94. The number of nitrogens with two attached hydrogens (primary N) is 1. The SMILES string of the molecule is CC(CO)CCCNC(=O)c1ccc(N)cc1. The van der Waals surface area contributed by atoms with Gasteiger partial charge in [0.15, 0.2) is 0 Å². The number of carbonyl (C=O) groups is 1. The van der Waals surface area contributed by atoms with Crippen LogP contribution in [0.4, 0.5) is 5.69 Å². The van der Waals surface area contributed by atoms with E-state index in [1.54, 1.807) is 24.3 Å². The Morgan fingerprint density at radius 1 is 1.41 bits per heavy atom. The van der Waals surface area contributed by atoms with Gasteiger partial charge >= 0.3 is 0 Å². The highest BCUT2D eigenvalue weighted by atomic mass is 16.3. The third kappa shape index (κ3) is 4.87. The van der Waals surface area contributed by atoms with E-state index in [0.717, 1.165) is 12.8 Å². The van der Waals surface area contributed by atoms with Crippen LogP contribution in [0.2, 0.25) is 0 Å². The Kier molecular flexibility index (Phi) is 5.49. The molecule has 0 fully saturated rings. The van der Waals surface area contributed by atoms with Gasteiger partial charge in [-0.3, -0.25) is 4.79 Å². The molecular weight excluding hydrogens is 216 g/mol. The summed E-state index contributed by atoms with van der Waals surface area (Å²) in [4.78, 5) is 11.7. The zero-order valence-corrected chi connectivity index (χ0v) is 10.1. The molecule has 1 amide bonds. The number of rotatable bonds is 6. The minimum atomic E-state index is -0.0818. The van der Waals surface area contributed by atoms with Gasteiger partial charge in [-0.25, -0.2) is 0 Å². The Labute approximate surface area is 102 Å². The van der Waals surface area contributed by atoms with Crippen LogP contribution in [0.15, 0.2) is 24.3 Å². The average molecular weight is 236 g/mol. The fourth-order valence-electron chi connectivity index (χ4n) is 1.48. The molecule has 1 atom stereocenters. The van der Waals surface area contributed by atoms with E-state index in [-0.39, 0.29) is 12.5 Å². The molecule has 4 N–H and O–H groups in total. The maximum absolute atomic E-state index is 11.7. The van der Waals surface area contributed by atoms with Gasteiger partial charge in [0.1, 0.15) is 0 Å². The zero-order chi connectivity index (χ0) is 12.7. The molecule has 1 rings (SSSR count). The monoisotopic (exact) mass is 236 g/mol. The van der Waals surface area contributed by atoms with Gasteiger partial charge in [0, 0.05) is 24.4 Å². The number of aliphatic hydroxyl groups is 1. The summed E-state index contributed by atoms with van der Waals surface area (Å²) < 4.78 is 0. The number of hydrogen-bond acceptors (Lipinski definition) is 3. The van der Waals surface area contributed by atoms with Crippen LogP contribution < -0.4 is 11.1 Å². The Bertz CT molecular complexity index is 349. The van der Waals surface area contributed by atoms with Crippen molar-refractivity contribution in [2.45, 2.75) is 19.8 Å². The van der Waals surface area contributed by atoms with Crippen LogP contribution in [-0.4, -0.2) is 24.2 Å². The van der Waals surface area contributed by atoms with Gasteiger partial charge in [0.2, 0.25) is 0 Å². The van der Waals surface area contributed by atoms with Crippen molar-refractivity contribution in [2.75, 3.05) is 18.9 Å². The highest BCUT2D eigenvalue weighted by Crippen LogP contribution is 2.06. The molecule has 94 valence electrons. The lowest BCUT2D eigenvalue weighted by Gasteiger charge is -2.08. The molecular formula is C13H20N2O2. The van der Waals surface area contributed by atoms with Gasteiger partial charge in [0.25, 0.3) is 5.91 Å². The van der Waals surface area contributed by atoms with Crippen molar-refractivity contribution in [3.63, 3.8) is 0 Å². The summed E-state index contributed by atoms with van der Waals surface area (Å²) >= 11 is 0. The number of hydrogen-bond donors (Lipinski definition) is 3. The van der Waals surface area contributed by atoms with Crippen LogP contribution in [0.3, 0.4) is 0 Å². The molecule has 0 aromatic heterocycles. The predicted molar refractivity (Wildman–Crippen MR) is 68.7 cm³/mol. The summed E-state index contributed by atoms with van der Waals surface area (Å²) in [5, 5.41) is 11.7. The minimum absolute atomic E-state index is 0.0818. The molecule has 4 nitrogen and oxygen atoms in total. The third-order valence-corrected chi connectivity index (χ3v) is 2.64. The molecule has 0 bridgehead atoms. The van der Waals surface area contributed by atoms with E-state index in [9.17, 15) is 4.79 Å². The Balaban J connectivity index is 2.28. The molecule has 1 aromatic rings. The normalized spacial score (nSPS) is 12.1. The second-order valence-corrected chi connectivity index (χ2v) is 4.31. The molecule has 1 aromatic carbocycles. The van der Waals surface area contributed by atoms with Crippen molar-refractivity contribution in [3.8, 4) is 0 Å². The quantitative estimate of drug-likeness (QED) is 0.516. The molecule has 0 aliphatic rings. The standard InChI is InChI=1S/C13H20N2O2/c1-10(9-16)3-2-8-15-13(17)11-4-6-12(14)7-5-11/h4-7,10,16H,2-3,8-9,14H2,1H3,(H,15,17). The van der Waals surface area contributed by atoms with Crippen molar-refractivity contribution in [1.82, 2.24) is 5.32 Å². The van der Waals surface area contributed by atoms with E-state index in [1.807, 2.05) is 6.92 Å². The topological polar surface area (TPSA) is 75.3 Å². The van der Waals surface area contributed by atoms with Gasteiger partial charge in [-0.1, -0.05) is 6.92 Å². The second-order valence-electron chi connectivity index (χ2n) is 4.31. The van der Waals surface area contributed by atoms with Crippen molar-refractivity contribution in [2.24, 2.45) is 5.92 Å². The van der Waals surface area contributed by atoms with E-state index in [0.29, 0.717) is 23.7 Å². The van der Waals surface area contributed by atoms with Crippen LogP contribution in [0.1, 0.15) is 30.1 Å². The van der Waals surface area contributed by atoms with Crippen LogP contribution >= 0.6 is 0 Å². The van der Waals surface area contributed by atoms with Crippen LogP contribution in [0.25, 0.3) is 0 Å². The lowest BCUT2D eigenvalue weighted by Crippen LogP contribution is -2.24. The molecule has 17 heavy (non-hydrogen) atoms. The fraction of sp³-hybridized carbons (Fsp3) is 0.462. The van der Waals surface area contributed by atoms with E-state index in [4.69, 9.17) is 10.8 Å². The number of nitrogen functional groups attached to an aromatic ring is 1. The van der Waals surface area contributed by atoms with E-state index in [1.165, 1.54) is 0 Å². The lowest BCUT2D eigenvalue weighted by molar-refractivity contribution is 0.0952. The minimum Gasteiger partial charge on any atom is -0.399 e. The van der Waals surface area contributed by atoms with Crippen molar-refractivity contribution in [1.29, 1.82) is 0 Å². The zero-order valence-electron chi connectivity index (χ0n) is 10.1. The number of carbonyl (C=O) groups excluding carboxylic acids is 1. The van der Waals surface area contributed by atoms with Crippen molar-refractivity contribution < 1.29 is 9.90 Å². The maximum Gasteiger partial charge on any atom is 0.251 e. The molecule has 0 spiro atoms. The smallest absolute Gasteiger partial charge is 0.251 e. The summed E-state index contributed by atoms with van der Waals surface area (Å²) in [6.45, 7) is 2.82. The molecule has 0 radical (unpaired) electrons. The molecule has 0 aliphatic carbocycles. The van der Waals surface area contributed by atoms with Gasteiger partial charge in [-0.2, -0.15) is 0 Å². The molecule has 1 unspecified atom stereocenters. The van der Waals surface area contributed by atoms with Crippen LogP contribution in [-0.2, 0) is 0 Å².